The Kier molecular flexibility index (Phi) is 4.14. The molecule has 1 saturated carbocycles. The van der Waals surface area contributed by atoms with Gasteiger partial charge in [-0.3, -0.25) is 4.79 Å². The van der Waals surface area contributed by atoms with E-state index in [1.807, 2.05) is 36.4 Å². The fraction of sp³-hybridized carbons (Fsp3) is 0.316. The molecule has 0 radical (unpaired) electrons. The van der Waals surface area contributed by atoms with Crippen LogP contribution >= 0.6 is 0 Å². The summed E-state index contributed by atoms with van der Waals surface area (Å²) < 4.78 is 0. The maximum atomic E-state index is 12.6. The van der Waals surface area contributed by atoms with Crippen LogP contribution in [0, 0.1) is 13.8 Å². The molecule has 1 amide bonds. The molecule has 114 valence electrons. The van der Waals surface area contributed by atoms with E-state index in [2.05, 4.69) is 36.6 Å². The van der Waals surface area contributed by atoms with Crippen molar-refractivity contribution < 1.29 is 4.79 Å². The van der Waals surface area contributed by atoms with Gasteiger partial charge in [-0.05, 0) is 55.5 Å². The molecule has 0 saturated heterocycles. The molecule has 2 aromatic carbocycles. The van der Waals surface area contributed by atoms with Crippen molar-refractivity contribution in [1.29, 1.82) is 0 Å². The Labute approximate surface area is 131 Å². The number of aryl methyl sites for hydroxylation is 2. The molecule has 0 aromatic heterocycles. The summed E-state index contributed by atoms with van der Waals surface area (Å²) in [5.41, 5.74) is 4.44. The molecule has 0 unspecified atom stereocenters. The average molecular weight is 294 g/mol. The minimum absolute atomic E-state index is 0.0481. The zero-order valence-corrected chi connectivity index (χ0v) is 13.1. The second-order valence-electron chi connectivity index (χ2n) is 6.07. The Bertz CT molecular complexity index is 662. The van der Waals surface area contributed by atoms with Gasteiger partial charge in [0.25, 0.3) is 0 Å². The zero-order valence-electron chi connectivity index (χ0n) is 13.1. The number of hydrogen-bond donors (Lipinski definition) is 2. The van der Waals surface area contributed by atoms with Crippen LogP contribution in [0.15, 0.2) is 48.5 Å². The molecule has 22 heavy (non-hydrogen) atoms. The smallest absolute Gasteiger partial charge is 0.247 e. The van der Waals surface area contributed by atoms with E-state index in [0.29, 0.717) is 6.04 Å². The second kappa shape index (κ2) is 6.22. The van der Waals surface area contributed by atoms with Crippen LogP contribution < -0.4 is 10.6 Å². The lowest BCUT2D eigenvalue weighted by Crippen LogP contribution is -2.34. The fourth-order valence-electron chi connectivity index (χ4n) is 2.46. The first kappa shape index (κ1) is 14.6. The second-order valence-corrected chi connectivity index (χ2v) is 6.07. The van der Waals surface area contributed by atoms with E-state index < -0.39 is 0 Å². The van der Waals surface area contributed by atoms with Crippen molar-refractivity contribution in [2.24, 2.45) is 0 Å². The van der Waals surface area contributed by atoms with Crippen LogP contribution in [0.3, 0.4) is 0 Å². The Hall–Kier alpha value is -2.29. The molecule has 1 aliphatic carbocycles. The van der Waals surface area contributed by atoms with E-state index >= 15 is 0 Å². The highest BCUT2D eigenvalue weighted by atomic mass is 16.2. The molecular weight excluding hydrogens is 272 g/mol. The Morgan fingerprint density at radius 3 is 2.41 bits per heavy atom. The summed E-state index contributed by atoms with van der Waals surface area (Å²) in [5, 5.41) is 6.48. The van der Waals surface area contributed by atoms with Crippen LogP contribution in [-0.2, 0) is 4.79 Å². The number of rotatable bonds is 5. The van der Waals surface area contributed by atoms with Crippen LogP contribution in [0.4, 0.5) is 5.69 Å². The van der Waals surface area contributed by atoms with Gasteiger partial charge in [-0.2, -0.15) is 0 Å². The molecule has 0 aliphatic heterocycles. The summed E-state index contributed by atoms with van der Waals surface area (Å²) in [4.78, 5) is 12.6. The minimum atomic E-state index is -0.357. The van der Waals surface area contributed by atoms with E-state index in [-0.39, 0.29) is 11.9 Å². The number of carbonyl (C=O) groups is 1. The van der Waals surface area contributed by atoms with E-state index in [9.17, 15) is 4.79 Å². The number of anilines is 1. The lowest BCUT2D eigenvalue weighted by molar-refractivity contribution is -0.122. The van der Waals surface area contributed by atoms with Gasteiger partial charge in [-0.25, -0.2) is 0 Å². The highest BCUT2D eigenvalue weighted by Crippen LogP contribution is 2.24. The van der Waals surface area contributed by atoms with Gasteiger partial charge in [-0.1, -0.05) is 36.4 Å². The highest BCUT2D eigenvalue weighted by Gasteiger charge is 2.28. The normalized spacial score (nSPS) is 15.2. The summed E-state index contributed by atoms with van der Waals surface area (Å²) in [6.07, 6.45) is 2.19. The topological polar surface area (TPSA) is 41.1 Å². The predicted molar refractivity (Wildman–Crippen MR) is 89.9 cm³/mol. The molecular formula is C19H22N2O. The van der Waals surface area contributed by atoms with Crippen LogP contribution in [0.25, 0.3) is 0 Å². The number of nitrogens with one attached hydrogen (secondary N) is 2. The van der Waals surface area contributed by atoms with Gasteiger partial charge in [0, 0.05) is 11.7 Å². The fourth-order valence-corrected chi connectivity index (χ4v) is 2.46. The van der Waals surface area contributed by atoms with E-state index in [0.717, 1.165) is 24.1 Å². The van der Waals surface area contributed by atoms with Crippen molar-refractivity contribution >= 4 is 11.6 Å². The number of amides is 1. The molecule has 3 rings (SSSR count). The molecule has 0 bridgehead atoms. The largest absolute Gasteiger partial charge is 0.370 e. The van der Waals surface area contributed by atoms with Crippen LogP contribution in [0.5, 0.6) is 0 Å². The first-order valence-electron chi connectivity index (χ1n) is 7.82. The van der Waals surface area contributed by atoms with Gasteiger partial charge in [0.1, 0.15) is 6.04 Å². The first-order valence-corrected chi connectivity index (χ1v) is 7.82. The van der Waals surface area contributed by atoms with Crippen molar-refractivity contribution in [2.45, 2.75) is 38.8 Å². The molecule has 0 spiro atoms. The third-order valence-corrected chi connectivity index (χ3v) is 4.14. The van der Waals surface area contributed by atoms with Gasteiger partial charge in [0.15, 0.2) is 0 Å². The zero-order chi connectivity index (χ0) is 15.5. The summed E-state index contributed by atoms with van der Waals surface area (Å²) in [6, 6.07) is 16.1. The Balaban J connectivity index is 1.83. The summed E-state index contributed by atoms with van der Waals surface area (Å²) >= 11 is 0. The molecule has 0 heterocycles. The average Bonchev–Trinajstić information content (AvgIpc) is 3.33. The molecule has 1 fully saturated rings. The van der Waals surface area contributed by atoms with Gasteiger partial charge >= 0.3 is 0 Å². The molecule has 3 heteroatoms. The van der Waals surface area contributed by atoms with E-state index in [1.54, 1.807) is 0 Å². The van der Waals surface area contributed by atoms with Gasteiger partial charge in [-0.15, -0.1) is 0 Å². The van der Waals surface area contributed by atoms with Crippen molar-refractivity contribution in [3.05, 3.63) is 65.2 Å². The summed E-state index contributed by atoms with van der Waals surface area (Å²) in [5.74, 6) is 0.0481. The quantitative estimate of drug-likeness (QED) is 0.882. The number of hydrogen-bond acceptors (Lipinski definition) is 2. The van der Waals surface area contributed by atoms with Crippen molar-refractivity contribution in [2.75, 3.05) is 5.32 Å². The molecule has 2 N–H and O–H groups in total. The highest BCUT2D eigenvalue weighted by molar-refractivity contribution is 5.86. The van der Waals surface area contributed by atoms with Crippen molar-refractivity contribution in [3.8, 4) is 0 Å². The van der Waals surface area contributed by atoms with Crippen LogP contribution in [0.1, 0.15) is 35.6 Å². The lowest BCUT2D eigenvalue weighted by Gasteiger charge is -2.20. The van der Waals surface area contributed by atoms with Gasteiger partial charge in [0.05, 0.1) is 0 Å². The maximum Gasteiger partial charge on any atom is 0.247 e. The van der Waals surface area contributed by atoms with E-state index in [4.69, 9.17) is 0 Å². The minimum Gasteiger partial charge on any atom is -0.370 e. The lowest BCUT2D eigenvalue weighted by atomic mass is 10.0. The third-order valence-electron chi connectivity index (χ3n) is 4.14. The Morgan fingerprint density at radius 1 is 1.05 bits per heavy atom. The van der Waals surface area contributed by atoms with Gasteiger partial charge < -0.3 is 10.6 Å². The summed E-state index contributed by atoms with van der Waals surface area (Å²) in [6.45, 7) is 4.18. The molecule has 1 atom stereocenters. The molecule has 2 aromatic rings. The maximum absolute atomic E-state index is 12.6. The van der Waals surface area contributed by atoms with Crippen molar-refractivity contribution in [1.82, 2.24) is 5.32 Å². The number of benzene rings is 2. The molecule has 3 nitrogen and oxygen atoms in total. The first-order chi connectivity index (χ1) is 10.6. The van der Waals surface area contributed by atoms with Crippen LogP contribution in [-0.4, -0.2) is 11.9 Å². The SMILES string of the molecule is Cc1ccc(N[C@H](C(=O)NC2CC2)c2ccccc2)cc1C. The van der Waals surface area contributed by atoms with E-state index in [1.165, 1.54) is 11.1 Å². The van der Waals surface area contributed by atoms with Crippen LogP contribution in [0.2, 0.25) is 0 Å². The molecule has 1 aliphatic rings. The third kappa shape index (κ3) is 3.48. The van der Waals surface area contributed by atoms with Gasteiger partial charge in [0.2, 0.25) is 5.91 Å². The standard InChI is InChI=1S/C19H22N2O/c1-13-8-9-17(12-14(13)2)20-18(15-6-4-3-5-7-15)19(22)21-16-10-11-16/h3-9,12,16,18,20H,10-11H2,1-2H3,(H,21,22)/t18-/m0/s1. The Morgan fingerprint density at radius 2 is 1.77 bits per heavy atom. The predicted octanol–water partition coefficient (Wildman–Crippen LogP) is 3.74. The summed E-state index contributed by atoms with van der Waals surface area (Å²) in [7, 11) is 0. The van der Waals surface area contributed by atoms with Crippen molar-refractivity contribution in [3.63, 3.8) is 0 Å². The number of carbonyl (C=O) groups excluding carboxylic acids is 1. The monoisotopic (exact) mass is 294 g/mol.